The summed E-state index contributed by atoms with van der Waals surface area (Å²) in [7, 11) is 1.40. The Morgan fingerprint density at radius 2 is 2.19 bits per heavy atom. The molecule has 2 rings (SSSR count). The van der Waals surface area contributed by atoms with Gasteiger partial charge in [0.25, 0.3) is 0 Å². The van der Waals surface area contributed by atoms with Crippen molar-refractivity contribution in [2.75, 3.05) is 12.8 Å². The average Bonchev–Trinajstić information content (AvgIpc) is 2.69. The van der Waals surface area contributed by atoms with E-state index in [9.17, 15) is 4.39 Å². The molecule has 2 aromatic rings. The monoisotopic (exact) mass is 242 g/mol. The lowest BCUT2D eigenvalue weighted by atomic mass is 10.1. The smallest absolute Gasteiger partial charge is 0.169 e. The maximum atomic E-state index is 13.4. The van der Waals surface area contributed by atoms with Crippen LogP contribution in [-0.2, 0) is 0 Å². The fraction of sp³-hybridized carbons (Fsp3) is 0.100. The van der Waals surface area contributed by atoms with E-state index in [-0.39, 0.29) is 16.6 Å². The summed E-state index contributed by atoms with van der Waals surface area (Å²) in [5, 5.41) is 3.44. The number of ether oxygens (including phenoxy) is 1. The topological polar surface area (TPSA) is 61.3 Å². The fourth-order valence-electron chi connectivity index (χ4n) is 1.28. The van der Waals surface area contributed by atoms with Gasteiger partial charge in [-0.3, -0.25) is 0 Å². The zero-order valence-corrected chi connectivity index (χ0v) is 9.08. The minimum absolute atomic E-state index is 0.0706. The van der Waals surface area contributed by atoms with Crippen LogP contribution in [0.3, 0.4) is 0 Å². The van der Waals surface area contributed by atoms with Gasteiger partial charge < -0.3 is 15.0 Å². The van der Waals surface area contributed by atoms with Gasteiger partial charge in [0.2, 0.25) is 0 Å². The number of aromatic nitrogens is 1. The van der Waals surface area contributed by atoms with Crippen LogP contribution in [0.15, 0.2) is 22.7 Å². The van der Waals surface area contributed by atoms with E-state index in [2.05, 4.69) is 5.16 Å². The second-order valence-corrected chi connectivity index (χ2v) is 3.47. The Bertz CT molecular complexity index is 528. The average molecular weight is 243 g/mol. The summed E-state index contributed by atoms with van der Waals surface area (Å²) in [4.78, 5) is 0. The second kappa shape index (κ2) is 4.02. The van der Waals surface area contributed by atoms with E-state index >= 15 is 0 Å². The first-order valence-electron chi connectivity index (χ1n) is 4.37. The number of hydrogen-bond acceptors (Lipinski definition) is 4. The van der Waals surface area contributed by atoms with Crippen LogP contribution in [0.1, 0.15) is 0 Å². The van der Waals surface area contributed by atoms with Crippen molar-refractivity contribution in [2.45, 2.75) is 0 Å². The van der Waals surface area contributed by atoms with Crippen LogP contribution in [0.4, 0.5) is 10.2 Å². The van der Waals surface area contributed by atoms with Crippen molar-refractivity contribution in [2.24, 2.45) is 0 Å². The molecule has 6 heteroatoms. The number of nitrogen functional groups attached to an aromatic ring is 1. The summed E-state index contributed by atoms with van der Waals surface area (Å²) in [6.45, 7) is 0. The number of anilines is 1. The van der Waals surface area contributed by atoms with Crippen LogP contribution >= 0.6 is 11.6 Å². The van der Waals surface area contributed by atoms with Crippen LogP contribution in [0.5, 0.6) is 5.75 Å². The van der Waals surface area contributed by atoms with E-state index in [1.807, 2.05) is 0 Å². The van der Waals surface area contributed by atoms with E-state index in [4.69, 9.17) is 26.6 Å². The second-order valence-electron chi connectivity index (χ2n) is 3.09. The SMILES string of the molecule is COc1cc(-c2cc(N)no2)cc(F)c1Cl. The van der Waals surface area contributed by atoms with Gasteiger partial charge in [0.05, 0.1) is 7.11 Å². The van der Waals surface area contributed by atoms with Crippen LogP contribution in [0.2, 0.25) is 5.02 Å². The summed E-state index contributed by atoms with van der Waals surface area (Å²) in [6, 6.07) is 4.26. The molecule has 1 aromatic heterocycles. The highest BCUT2D eigenvalue weighted by Crippen LogP contribution is 2.33. The number of nitrogens with zero attached hydrogens (tertiary/aromatic N) is 1. The van der Waals surface area contributed by atoms with Gasteiger partial charge in [-0.2, -0.15) is 0 Å². The molecule has 0 fully saturated rings. The molecule has 2 N–H and O–H groups in total. The molecule has 1 aromatic carbocycles. The molecule has 0 aliphatic rings. The highest BCUT2D eigenvalue weighted by Gasteiger charge is 2.13. The molecule has 0 bridgehead atoms. The number of benzene rings is 1. The number of hydrogen-bond donors (Lipinski definition) is 1. The lowest BCUT2D eigenvalue weighted by Gasteiger charge is -2.05. The van der Waals surface area contributed by atoms with Gasteiger partial charge in [0.15, 0.2) is 11.6 Å². The van der Waals surface area contributed by atoms with Crippen molar-refractivity contribution >= 4 is 17.4 Å². The molecule has 0 aliphatic carbocycles. The largest absolute Gasteiger partial charge is 0.495 e. The zero-order valence-electron chi connectivity index (χ0n) is 8.33. The van der Waals surface area contributed by atoms with Crippen LogP contribution < -0.4 is 10.5 Å². The molecule has 0 atom stereocenters. The first-order valence-corrected chi connectivity index (χ1v) is 4.75. The molecular weight excluding hydrogens is 235 g/mol. The minimum Gasteiger partial charge on any atom is -0.495 e. The van der Waals surface area contributed by atoms with Crippen molar-refractivity contribution in [3.63, 3.8) is 0 Å². The highest BCUT2D eigenvalue weighted by atomic mass is 35.5. The Kier molecular flexibility index (Phi) is 2.70. The molecule has 16 heavy (non-hydrogen) atoms. The first-order chi connectivity index (χ1) is 7.61. The van der Waals surface area contributed by atoms with E-state index in [1.165, 1.54) is 19.2 Å². The molecule has 1 heterocycles. The van der Waals surface area contributed by atoms with E-state index in [0.717, 1.165) is 0 Å². The normalized spacial score (nSPS) is 10.4. The zero-order chi connectivity index (χ0) is 11.7. The van der Waals surface area contributed by atoms with Crippen molar-refractivity contribution < 1.29 is 13.7 Å². The molecule has 0 amide bonds. The van der Waals surface area contributed by atoms with Gasteiger partial charge in [-0.25, -0.2) is 4.39 Å². The van der Waals surface area contributed by atoms with Crippen molar-refractivity contribution in [3.8, 4) is 17.1 Å². The molecule has 0 spiro atoms. The van der Waals surface area contributed by atoms with Crippen molar-refractivity contribution in [1.29, 1.82) is 0 Å². The minimum atomic E-state index is -0.592. The van der Waals surface area contributed by atoms with Crippen molar-refractivity contribution in [1.82, 2.24) is 5.16 Å². The van der Waals surface area contributed by atoms with Gasteiger partial charge in [0, 0.05) is 11.6 Å². The maximum absolute atomic E-state index is 13.4. The van der Waals surface area contributed by atoms with Gasteiger partial charge in [0.1, 0.15) is 16.6 Å². The predicted octanol–water partition coefficient (Wildman–Crippen LogP) is 2.72. The van der Waals surface area contributed by atoms with Crippen LogP contribution in [0, 0.1) is 5.82 Å². The Labute approximate surface area is 95.7 Å². The Hall–Kier alpha value is -1.75. The Morgan fingerprint density at radius 1 is 1.44 bits per heavy atom. The van der Waals surface area contributed by atoms with Crippen LogP contribution in [-0.4, -0.2) is 12.3 Å². The highest BCUT2D eigenvalue weighted by molar-refractivity contribution is 6.32. The van der Waals surface area contributed by atoms with Gasteiger partial charge in [-0.15, -0.1) is 0 Å². The summed E-state index contributed by atoms with van der Waals surface area (Å²) in [5.41, 5.74) is 5.86. The molecule has 0 unspecified atom stereocenters. The summed E-state index contributed by atoms with van der Waals surface area (Å²) in [5.74, 6) is 0.216. The third-order valence-electron chi connectivity index (χ3n) is 2.03. The molecular formula is C10H8ClFN2O2. The summed E-state index contributed by atoms with van der Waals surface area (Å²) < 4.78 is 23.2. The predicted molar refractivity (Wildman–Crippen MR) is 57.9 cm³/mol. The standard InChI is InChI=1S/C10H8ClFN2O2/c1-15-8-3-5(2-6(12)10(8)11)7-4-9(13)14-16-7/h2-4H,1H3,(H2,13,14). The Morgan fingerprint density at radius 3 is 2.75 bits per heavy atom. The van der Waals surface area contributed by atoms with E-state index in [0.29, 0.717) is 11.3 Å². The lowest BCUT2D eigenvalue weighted by molar-refractivity contribution is 0.410. The number of halogens is 2. The molecule has 0 saturated carbocycles. The molecule has 4 nitrogen and oxygen atoms in total. The Balaban J connectivity index is 2.54. The third-order valence-corrected chi connectivity index (χ3v) is 2.39. The lowest BCUT2D eigenvalue weighted by Crippen LogP contribution is -1.89. The van der Waals surface area contributed by atoms with Gasteiger partial charge in [-0.1, -0.05) is 16.8 Å². The fourth-order valence-corrected chi connectivity index (χ4v) is 1.47. The van der Waals surface area contributed by atoms with E-state index in [1.54, 1.807) is 6.07 Å². The maximum Gasteiger partial charge on any atom is 0.169 e. The number of methoxy groups -OCH3 is 1. The van der Waals surface area contributed by atoms with E-state index < -0.39 is 5.82 Å². The quantitative estimate of drug-likeness (QED) is 0.880. The number of nitrogens with two attached hydrogens (primary N) is 1. The number of rotatable bonds is 2. The van der Waals surface area contributed by atoms with Crippen molar-refractivity contribution in [3.05, 3.63) is 29.0 Å². The molecule has 0 saturated heterocycles. The molecule has 84 valence electrons. The van der Waals surface area contributed by atoms with Gasteiger partial charge in [-0.05, 0) is 12.1 Å². The molecule has 0 aliphatic heterocycles. The third kappa shape index (κ3) is 1.81. The van der Waals surface area contributed by atoms with Crippen LogP contribution in [0.25, 0.3) is 11.3 Å². The van der Waals surface area contributed by atoms with Gasteiger partial charge >= 0.3 is 0 Å². The molecule has 0 radical (unpaired) electrons. The summed E-state index contributed by atoms with van der Waals surface area (Å²) >= 11 is 5.69. The summed E-state index contributed by atoms with van der Waals surface area (Å²) in [6.07, 6.45) is 0. The first kappa shape index (κ1) is 10.8.